The molecule has 6 heteroatoms. The van der Waals surface area contributed by atoms with Crippen LogP contribution >= 0.6 is 0 Å². The fourth-order valence-electron chi connectivity index (χ4n) is 2.53. The van der Waals surface area contributed by atoms with Gasteiger partial charge in [-0.2, -0.15) is 0 Å². The summed E-state index contributed by atoms with van der Waals surface area (Å²) in [6, 6.07) is -0.881. The Kier molecular flexibility index (Phi) is 6.64. The molecule has 1 aliphatic heterocycles. The van der Waals surface area contributed by atoms with E-state index in [1.54, 1.807) is 26.8 Å². The molecule has 0 aromatic carbocycles. The standard InChI is InChI=1S/C17H25NO5/c1-7-9-12-11-18(16(20)23-17(3,4)5)13(15(19)21-6)14(12)22-10-8-2/h1,8,12-14H,2,9-11H2,3-6H3/t12-,13-,14+/m0/s1. The van der Waals surface area contributed by atoms with Crippen LogP contribution in [0.1, 0.15) is 27.2 Å². The van der Waals surface area contributed by atoms with Gasteiger partial charge in [0, 0.05) is 18.9 Å². The zero-order chi connectivity index (χ0) is 17.6. The number of esters is 1. The van der Waals surface area contributed by atoms with Crippen molar-refractivity contribution in [3.63, 3.8) is 0 Å². The average molecular weight is 323 g/mol. The number of carbonyl (C=O) groups excluding carboxylic acids is 2. The highest BCUT2D eigenvalue weighted by Crippen LogP contribution is 2.31. The highest BCUT2D eigenvalue weighted by molar-refractivity contribution is 5.83. The first-order valence-corrected chi connectivity index (χ1v) is 7.48. The number of ether oxygens (including phenoxy) is 3. The van der Waals surface area contributed by atoms with Crippen LogP contribution in [0.4, 0.5) is 4.79 Å². The molecule has 128 valence electrons. The van der Waals surface area contributed by atoms with E-state index >= 15 is 0 Å². The molecule has 0 spiro atoms. The second-order valence-electron chi connectivity index (χ2n) is 6.36. The number of likely N-dealkylation sites (tertiary alicyclic amines) is 1. The summed E-state index contributed by atoms with van der Waals surface area (Å²) in [5, 5.41) is 0. The predicted octanol–water partition coefficient (Wildman–Crippen LogP) is 1.99. The molecule has 0 aromatic heterocycles. The second kappa shape index (κ2) is 8.02. The largest absolute Gasteiger partial charge is 0.467 e. The Hall–Kier alpha value is -2.00. The van der Waals surface area contributed by atoms with Crippen molar-refractivity contribution >= 4 is 12.1 Å². The molecular formula is C17H25NO5. The number of methoxy groups -OCH3 is 1. The molecule has 0 saturated carbocycles. The third-order valence-corrected chi connectivity index (χ3v) is 3.40. The zero-order valence-electron chi connectivity index (χ0n) is 14.2. The first kappa shape index (κ1) is 19.0. The van der Waals surface area contributed by atoms with Gasteiger partial charge in [-0.15, -0.1) is 18.9 Å². The minimum absolute atomic E-state index is 0.170. The number of terminal acetylenes is 1. The molecule has 0 bridgehead atoms. The Morgan fingerprint density at radius 1 is 1.43 bits per heavy atom. The molecule has 6 nitrogen and oxygen atoms in total. The van der Waals surface area contributed by atoms with Gasteiger partial charge in [0.2, 0.25) is 0 Å². The lowest BCUT2D eigenvalue weighted by molar-refractivity contribution is -0.150. The van der Waals surface area contributed by atoms with E-state index in [1.165, 1.54) is 12.0 Å². The maximum atomic E-state index is 12.4. The number of hydrogen-bond acceptors (Lipinski definition) is 5. The highest BCUT2D eigenvalue weighted by Gasteiger charge is 2.50. The Bertz CT molecular complexity index is 488. The molecule has 23 heavy (non-hydrogen) atoms. The van der Waals surface area contributed by atoms with Crippen LogP contribution in [-0.2, 0) is 19.0 Å². The Morgan fingerprint density at radius 3 is 2.57 bits per heavy atom. The van der Waals surface area contributed by atoms with Gasteiger partial charge in [0.25, 0.3) is 0 Å². The molecular weight excluding hydrogens is 298 g/mol. The van der Waals surface area contributed by atoms with Crippen molar-refractivity contribution < 1.29 is 23.8 Å². The van der Waals surface area contributed by atoms with Gasteiger partial charge in [0.1, 0.15) is 5.60 Å². The third-order valence-electron chi connectivity index (χ3n) is 3.40. The number of amides is 1. The zero-order valence-corrected chi connectivity index (χ0v) is 14.2. The summed E-state index contributed by atoms with van der Waals surface area (Å²) in [5.41, 5.74) is -0.667. The van der Waals surface area contributed by atoms with E-state index in [9.17, 15) is 9.59 Å². The number of nitrogens with zero attached hydrogens (tertiary/aromatic N) is 1. The third kappa shape index (κ3) is 5.00. The Balaban J connectivity index is 3.07. The summed E-state index contributed by atoms with van der Waals surface area (Å²) in [6.45, 7) is 9.42. The van der Waals surface area contributed by atoms with Crippen LogP contribution in [0.2, 0.25) is 0 Å². The summed E-state index contributed by atoms with van der Waals surface area (Å²) in [5.74, 6) is 1.84. The van der Waals surface area contributed by atoms with Crippen molar-refractivity contribution in [1.29, 1.82) is 0 Å². The molecule has 3 atom stereocenters. The van der Waals surface area contributed by atoms with E-state index in [4.69, 9.17) is 20.6 Å². The van der Waals surface area contributed by atoms with Crippen molar-refractivity contribution in [2.75, 3.05) is 20.3 Å². The quantitative estimate of drug-likeness (QED) is 0.440. The maximum Gasteiger partial charge on any atom is 0.411 e. The average Bonchev–Trinajstić information content (AvgIpc) is 2.81. The van der Waals surface area contributed by atoms with Crippen molar-refractivity contribution in [2.45, 2.75) is 44.9 Å². The molecule has 1 amide bonds. The molecule has 1 rings (SSSR count). The molecule has 0 unspecified atom stereocenters. The molecule has 0 aliphatic carbocycles. The summed E-state index contributed by atoms with van der Waals surface area (Å²) in [4.78, 5) is 26.0. The van der Waals surface area contributed by atoms with Crippen LogP contribution in [0.5, 0.6) is 0 Å². The van der Waals surface area contributed by atoms with E-state index in [0.717, 1.165) is 0 Å². The summed E-state index contributed by atoms with van der Waals surface area (Å²) >= 11 is 0. The van der Waals surface area contributed by atoms with Gasteiger partial charge in [-0.05, 0) is 20.8 Å². The maximum absolute atomic E-state index is 12.4. The fraction of sp³-hybridized carbons (Fsp3) is 0.647. The van der Waals surface area contributed by atoms with Crippen molar-refractivity contribution in [2.24, 2.45) is 5.92 Å². The van der Waals surface area contributed by atoms with Crippen LogP contribution in [0.25, 0.3) is 0 Å². The van der Waals surface area contributed by atoms with Crippen molar-refractivity contribution in [3.05, 3.63) is 12.7 Å². The van der Waals surface area contributed by atoms with E-state index in [1.807, 2.05) is 0 Å². The Labute approximate surface area is 137 Å². The van der Waals surface area contributed by atoms with Crippen molar-refractivity contribution in [3.8, 4) is 12.3 Å². The van der Waals surface area contributed by atoms with E-state index in [0.29, 0.717) is 6.42 Å². The van der Waals surface area contributed by atoms with Gasteiger partial charge in [-0.3, -0.25) is 4.90 Å². The summed E-state index contributed by atoms with van der Waals surface area (Å²) in [7, 11) is 1.27. The minimum Gasteiger partial charge on any atom is -0.467 e. The lowest BCUT2D eigenvalue weighted by Crippen LogP contribution is -2.48. The van der Waals surface area contributed by atoms with Crippen LogP contribution in [0.3, 0.4) is 0 Å². The lowest BCUT2D eigenvalue weighted by Gasteiger charge is -2.28. The lowest BCUT2D eigenvalue weighted by atomic mass is 9.98. The second-order valence-corrected chi connectivity index (χ2v) is 6.36. The van der Waals surface area contributed by atoms with Gasteiger partial charge in [-0.1, -0.05) is 6.08 Å². The van der Waals surface area contributed by atoms with E-state index in [-0.39, 0.29) is 19.1 Å². The summed E-state index contributed by atoms with van der Waals surface area (Å²) in [6.07, 6.45) is 6.23. The Morgan fingerprint density at radius 2 is 2.09 bits per heavy atom. The first-order valence-electron chi connectivity index (χ1n) is 7.48. The number of hydrogen-bond donors (Lipinski definition) is 0. The molecule has 0 aromatic rings. The van der Waals surface area contributed by atoms with Crippen LogP contribution in [0, 0.1) is 18.3 Å². The number of rotatable bonds is 5. The molecule has 0 N–H and O–H groups in total. The van der Waals surface area contributed by atoms with Gasteiger partial charge < -0.3 is 14.2 Å². The minimum atomic E-state index is -0.881. The van der Waals surface area contributed by atoms with E-state index in [2.05, 4.69) is 12.5 Å². The normalized spacial score (nSPS) is 24.0. The monoisotopic (exact) mass is 323 g/mol. The molecule has 1 fully saturated rings. The first-order chi connectivity index (χ1) is 10.7. The molecule has 0 radical (unpaired) electrons. The van der Waals surface area contributed by atoms with Gasteiger partial charge in [-0.25, -0.2) is 9.59 Å². The van der Waals surface area contributed by atoms with Gasteiger partial charge in [0.15, 0.2) is 6.04 Å². The van der Waals surface area contributed by atoms with Gasteiger partial charge in [0.05, 0.1) is 19.8 Å². The van der Waals surface area contributed by atoms with Crippen molar-refractivity contribution in [1.82, 2.24) is 4.90 Å². The van der Waals surface area contributed by atoms with Crippen LogP contribution < -0.4 is 0 Å². The molecule has 1 saturated heterocycles. The van der Waals surface area contributed by atoms with E-state index < -0.39 is 29.8 Å². The predicted molar refractivity (Wildman–Crippen MR) is 85.6 cm³/mol. The smallest absolute Gasteiger partial charge is 0.411 e. The topological polar surface area (TPSA) is 65.1 Å². The van der Waals surface area contributed by atoms with Crippen LogP contribution in [0.15, 0.2) is 12.7 Å². The molecule has 1 heterocycles. The number of carbonyl (C=O) groups is 2. The summed E-state index contributed by atoms with van der Waals surface area (Å²) < 4.78 is 15.9. The SMILES string of the molecule is C#CC[C@H]1CN(C(=O)OC(C)(C)C)[C@H](C(=O)OC)[C@@H]1OCC=C. The fourth-order valence-corrected chi connectivity index (χ4v) is 2.53. The van der Waals surface area contributed by atoms with Gasteiger partial charge >= 0.3 is 12.1 Å². The van der Waals surface area contributed by atoms with Crippen LogP contribution in [-0.4, -0.2) is 55.0 Å². The highest BCUT2D eigenvalue weighted by atomic mass is 16.6. The molecule has 1 aliphatic rings.